The summed E-state index contributed by atoms with van der Waals surface area (Å²) in [5, 5.41) is -0.427. The average molecular weight is 304 g/mol. The number of benzene rings is 2. The van der Waals surface area contributed by atoms with Crippen molar-refractivity contribution in [2.45, 2.75) is 13.0 Å². The molecule has 2 aromatic rings. The van der Waals surface area contributed by atoms with Gasteiger partial charge in [0, 0.05) is 11.1 Å². The summed E-state index contributed by atoms with van der Waals surface area (Å²) in [5.41, 5.74) is 4.96. The SMILES string of the molecule is Cc1ccc(F)c(C(N)c2cc(F)c(Cl)cc2F)c1F. The lowest BCUT2D eigenvalue weighted by molar-refractivity contribution is 0.524. The summed E-state index contributed by atoms with van der Waals surface area (Å²) in [6.07, 6.45) is 0. The van der Waals surface area contributed by atoms with Crippen LogP contribution >= 0.6 is 11.6 Å². The quantitative estimate of drug-likeness (QED) is 0.651. The minimum atomic E-state index is -1.47. The molecule has 2 rings (SSSR count). The second-order valence-corrected chi connectivity index (χ2v) is 4.76. The molecule has 1 atom stereocenters. The van der Waals surface area contributed by atoms with Gasteiger partial charge in [0.15, 0.2) is 0 Å². The molecule has 0 aromatic heterocycles. The zero-order chi connectivity index (χ0) is 15.0. The van der Waals surface area contributed by atoms with E-state index < -0.39 is 39.9 Å². The summed E-state index contributed by atoms with van der Waals surface area (Å²) in [5.74, 6) is -3.64. The topological polar surface area (TPSA) is 26.0 Å². The van der Waals surface area contributed by atoms with Gasteiger partial charge < -0.3 is 5.73 Å². The van der Waals surface area contributed by atoms with Crippen molar-refractivity contribution in [1.29, 1.82) is 0 Å². The van der Waals surface area contributed by atoms with Crippen LogP contribution in [0.25, 0.3) is 0 Å². The van der Waals surface area contributed by atoms with Crippen LogP contribution in [0, 0.1) is 30.2 Å². The third kappa shape index (κ3) is 2.51. The van der Waals surface area contributed by atoms with Crippen molar-refractivity contribution in [3.05, 3.63) is 69.2 Å². The molecule has 0 radical (unpaired) electrons. The monoisotopic (exact) mass is 303 g/mol. The Labute approximate surface area is 118 Å². The van der Waals surface area contributed by atoms with E-state index in [4.69, 9.17) is 17.3 Å². The van der Waals surface area contributed by atoms with Gasteiger partial charge in [-0.3, -0.25) is 0 Å². The molecule has 0 aliphatic rings. The lowest BCUT2D eigenvalue weighted by Gasteiger charge is -2.16. The van der Waals surface area contributed by atoms with Gasteiger partial charge in [-0.1, -0.05) is 17.7 Å². The molecule has 2 N–H and O–H groups in total. The Morgan fingerprint density at radius 3 is 2.30 bits per heavy atom. The Bertz CT molecular complexity index is 673. The zero-order valence-corrected chi connectivity index (χ0v) is 11.1. The molecule has 0 saturated heterocycles. The van der Waals surface area contributed by atoms with Gasteiger partial charge in [-0.05, 0) is 30.7 Å². The Balaban J connectivity index is 2.60. The van der Waals surface area contributed by atoms with Gasteiger partial charge in [0.2, 0.25) is 0 Å². The van der Waals surface area contributed by atoms with E-state index in [0.29, 0.717) is 0 Å². The van der Waals surface area contributed by atoms with Crippen LogP contribution in [-0.2, 0) is 0 Å². The van der Waals surface area contributed by atoms with E-state index in [-0.39, 0.29) is 11.1 Å². The van der Waals surface area contributed by atoms with Crippen molar-refractivity contribution >= 4 is 11.6 Å². The molecule has 0 spiro atoms. The normalized spacial score (nSPS) is 12.6. The molecule has 0 aliphatic carbocycles. The predicted octanol–water partition coefficient (Wildman–Crippen LogP) is 4.25. The van der Waals surface area contributed by atoms with Gasteiger partial charge in [-0.25, -0.2) is 17.6 Å². The maximum Gasteiger partial charge on any atom is 0.142 e. The molecule has 0 saturated carbocycles. The molecule has 0 heterocycles. The van der Waals surface area contributed by atoms with Crippen LogP contribution < -0.4 is 5.73 Å². The van der Waals surface area contributed by atoms with Crippen LogP contribution in [0.1, 0.15) is 22.7 Å². The van der Waals surface area contributed by atoms with E-state index in [2.05, 4.69) is 0 Å². The maximum absolute atomic E-state index is 13.9. The Kier molecular flexibility index (Phi) is 4.01. The number of aryl methyl sites for hydroxylation is 1. The number of nitrogens with two attached hydrogens (primary N) is 1. The fourth-order valence-corrected chi connectivity index (χ4v) is 2.05. The van der Waals surface area contributed by atoms with Gasteiger partial charge in [0.25, 0.3) is 0 Å². The van der Waals surface area contributed by atoms with E-state index in [1.807, 2.05) is 0 Å². The third-order valence-corrected chi connectivity index (χ3v) is 3.29. The molecule has 0 aliphatic heterocycles. The fraction of sp³-hybridized carbons (Fsp3) is 0.143. The first-order valence-electron chi connectivity index (χ1n) is 5.67. The summed E-state index contributed by atoms with van der Waals surface area (Å²) in [7, 11) is 0. The highest BCUT2D eigenvalue weighted by Crippen LogP contribution is 2.30. The molecule has 2 aromatic carbocycles. The zero-order valence-electron chi connectivity index (χ0n) is 10.4. The molecule has 0 bridgehead atoms. The molecular formula is C14H10ClF4N. The van der Waals surface area contributed by atoms with E-state index >= 15 is 0 Å². The summed E-state index contributed by atoms with van der Waals surface area (Å²) in [6, 6.07) is 2.25. The largest absolute Gasteiger partial charge is 0.320 e. The van der Waals surface area contributed by atoms with E-state index in [1.165, 1.54) is 13.0 Å². The van der Waals surface area contributed by atoms with Crippen LogP contribution in [0.15, 0.2) is 24.3 Å². The first kappa shape index (κ1) is 14.8. The molecular weight excluding hydrogens is 294 g/mol. The summed E-state index contributed by atoms with van der Waals surface area (Å²) >= 11 is 5.42. The standard InChI is InChI=1S/C14H10ClF4N/c1-6-2-3-9(16)12(13(6)19)14(20)7-4-11(18)8(15)5-10(7)17/h2-5,14H,20H2,1H3. The Hall–Kier alpha value is -1.59. The highest BCUT2D eigenvalue weighted by molar-refractivity contribution is 6.30. The second-order valence-electron chi connectivity index (χ2n) is 4.36. The molecule has 0 amide bonds. The van der Waals surface area contributed by atoms with Crippen LogP contribution in [0.3, 0.4) is 0 Å². The Morgan fingerprint density at radius 2 is 1.65 bits per heavy atom. The molecule has 1 unspecified atom stereocenters. The van der Waals surface area contributed by atoms with E-state index in [9.17, 15) is 17.6 Å². The van der Waals surface area contributed by atoms with E-state index in [0.717, 1.165) is 18.2 Å². The third-order valence-electron chi connectivity index (χ3n) is 3.01. The lowest BCUT2D eigenvalue weighted by Crippen LogP contribution is -2.18. The highest BCUT2D eigenvalue weighted by atomic mass is 35.5. The summed E-state index contributed by atoms with van der Waals surface area (Å²) < 4.78 is 54.8. The maximum atomic E-state index is 13.9. The van der Waals surface area contributed by atoms with E-state index in [1.54, 1.807) is 0 Å². The highest BCUT2D eigenvalue weighted by Gasteiger charge is 2.23. The second kappa shape index (κ2) is 5.42. The first-order chi connectivity index (χ1) is 9.32. The fourth-order valence-electron chi connectivity index (χ4n) is 1.90. The van der Waals surface area contributed by atoms with Crippen molar-refractivity contribution in [2.24, 2.45) is 5.73 Å². The number of halogens is 5. The molecule has 106 valence electrons. The van der Waals surface area contributed by atoms with Crippen molar-refractivity contribution < 1.29 is 17.6 Å². The van der Waals surface area contributed by atoms with Gasteiger partial charge in [-0.15, -0.1) is 0 Å². The van der Waals surface area contributed by atoms with Crippen molar-refractivity contribution in [3.8, 4) is 0 Å². The summed E-state index contributed by atoms with van der Waals surface area (Å²) in [6.45, 7) is 1.42. The number of hydrogen-bond acceptors (Lipinski definition) is 1. The summed E-state index contributed by atoms with van der Waals surface area (Å²) in [4.78, 5) is 0. The minimum Gasteiger partial charge on any atom is -0.320 e. The van der Waals surface area contributed by atoms with Crippen LogP contribution in [-0.4, -0.2) is 0 Å². The van der Waals surface area contributed by atoms with Crippen LogP contribution in [0.4, 0.5) is 17.6 Å². The smallest absolute Gasteiger partial charge is 0.142 e. The molecule has 20 heavy (non-hydrogen) atoms. The van der Waals surface area contributed by atoms with Crippen molar-refractivity contribution in [3.63, 3.8) is 0 Å². The van der Waals surface area contributed by atoms with Gasteiger partial charge >= 0.3 is 0 Å². The minimum absolute atomic E-state index is 0.159. The van der Waals surface area contributed by atoms with Crippen molar-refractivity contribution in [1.82, 2.24) is 0 Å². The molecule has 0 fully saturated rings. The van der Waals surface area contributed by atoms with Crippen LogP contribution in [0.5, 0.6) is 0 Å². The van der Waals surface area contributed by atoms with Gasteiger partial charge in [0.05, 0.1) is 11.1 Å². The first-order valence-corrected chi connectivity index (χ1v) is 6.05. The predicted molar refractivity (Wildman–Crippen MR) is 68.5 cm³/mol. The number of rotatable bonds is 2. The molecule has 1 nitrogen and oxygen atoms in total. The number of hydrogen-bond donors (Lipinski definition) is 1. The lowest BCUT2D eigenvalue weighted by atomic mass is 9.96. The van der Waals surface area contributed by atoms with Crippen LogP contribution in [0.2, 0.25) is 5.02 Å². The van der Waals surface area contributed by atoms with Gasteiger partial charge in [-0.2, -0.15) is 0 Å². The van der Waals surface area contributed by atoms with Gasteiger partial charge in [0.1, 0.15) is 23.3 Å². The molecule has 6 heteroatoms. The Morgan fingerprint density at radius 1 is 1.00 bits per heavy atom. The average Bonchev–Trinajstić information content (AvgIpc) is 2.38. The van der Waals surface area contributed by atoms with Crippen molar-refractivity contribution in [2.75, 3.05) is 0 Å².